The lowest BCUT2D eigenvalue weighted by molar-refractivity contribution is -0.121. The molecule has 1 nitrogen and oxygen atoms in total. The fourth-order valence-corrected chi connectivity index (χ4v) is 3.50. The smallest absolute Gasteiger partial charge is 0.162 e. The molecule has 4 atom stereocenters. The standard InChI is InChI=1S/C16H24O/c1-8-7-14-15(11(4)9(8)2)12(5)10(3)13(6)16(14)17/h10-13H,7H2,1-6H3. The number of allylic oxidation sites excluding steroid dienone is 4. The largest absolute Gasteiger partial charge is 0.294 e. The van der Waals surface area contributed by atoms with Gasteiger partial charge in [0.05, 0.1) is 0 Å². The van der Waals surface area contributed by atoms with Crippen LogP contribution >= 0.6 is 0 Å². The van der Waals surface area contributed by atoms with Crippen LogP contribution in [0.1, 0.15) is 48.0 Å². The van der Waals surface area contributed by atoms with E-state index in [4.69, 9.17) is 0 Å². The van der Waals surface area contributed by atoms with E-state index >= 15 is 0 Å². The zero-order valence-corrected chi connectivity index (χ0v) is 11.9. The highest BCUT2D eigenvalue weighted by molar-refractivity contribution is 5.99. The second-order valence-corrected chi connectivity index (χ2v) is 6.10. The van der Waals surface area contributed by atoms with Crippen LogP contribution in [0, 0.1) is 23.7 Å². The number of hydrogen-bond donors (Lipinski definition) is 0. The maximum Gasteiger partial charge on any atom is 0.162 e. The third-order valence-electron chi connectivity index (χ3n) is 5.36. The van der Waals surface area contributed by atoms with Crippen LogP contribution in [0.15, 0.2) is 22.3 Å². The topological polar surface area (TPSA) is 17.1 Å². The molecule has 0 radical (unpaired) electrons. The van der Waals surface area contributed by atoms with E-state index in [0.717, 1.165) is 12.0 Å². The van der Waals surface area contributed by atoms with Gasteiger partial charge in [0.15, 0.2) is 5.78 Å². The molecular formula is C16H24O. The second-order valence-electron chi connectivity index (χ2n) is 6.10. The Hall–Kier alpha value is -0.850. The molecule has 0 aromatic carbocycles. The SMILES string of the molecule is CC1=C(C)C(C)C2=C(C1)C(=O)C(C)C(C)C2C. The minimum absolute atomic E-state index is 0.196. The Balaban J connectivity index is 2.51. The van der Waals surface area contributed by atoms with Gasteiger partial charge in [0.25, 0.3) is 0 Å². The summed E-state index contributed by atoms with van der Waals surface area (Å²) in [6.45, 7) is 13.3. The summed E-state index contributed by atoms with van der Waals surface area (Å²) in [7, 11) is 0. The first-order valence-electron chi connectivity index (χ1n) is 6.79. The Morgan fingerprint density at radius 1 is 1.00 bits per heavy atom. The number of Topliss-reactive ketones (excluding diaryl/α,β-unsaturated/α-hetero) is 1. The maximum atomic E-state index is 12.4. The lowest BCUT2D eigenvalue weighted by Gasteiger charge is -2.41. The Bertz CT molecular complexity index is 425. The second kappa shape index (κ2) is 4.12. The van der Waals surface area contributed by atoms with Crippen molar-refractivity contribution in [3.05, 3.63) is 22.3 Å². The summed E-state index contributed by atoms with van der Waals surface area (Å²) in [5, 5.41) is 0. The number of carbonyl (C=O) groups excluding carboxylic acids is 1. The lowest BCUT2D eigenvalue weighted by Crippen LogP contribution is -2.36. The summed E-state index contributed by atoms with van der Waals surface area (Å²) in [5.41, 5.74) is 5.45. The molecule has 2 aliphatic rings. The fourth-order valence-electron chi connectivity index (χ4n) is 3.50. The number of ketones is 1. The quantitative estimate of drug-likeness (QED) is 0.573. The van der Waals surface area contributed by atoms with Crippen molar-refractivity contribution in [2.75, 3.05) is 0 Å². The highest BCUT2D eigenvalue weighted by atomic mass is 16.1. The monoisotopic (exact) mass is 232 g/mol. The zero-order chi connectivity index (χ0) is 12.9. The molecule has 94 valence electrons. The highest BCUT2D eigenvalue weighted by Crippen LogP contribution is 2.46. The summed E-state index contributed by atoms with van der Waals surface area (Å²) in [5.74, 6) is 2.10. The molecule has 2 aliphatic carbocycles. The molecule has 2 rings (SSSR count). The van der Waals surface area contributed by atoms with Gasteiger partial charge in [0.2, 0.25) is 0 Å². The van der Waals surface area contributed by atoms with Gasteiger partial charge in [-0.2, -0.15) is 0 Å². The van der Waals surface area contributed by atoms with E-state index in [1.165, 1.54) is 16.7 Å². The third-order valence-corrected chi connectivity index (χ3v) is 5.36. The molecule has 0 amide bonds. The van der Waals surface area contributed by atoms with E-state index in [1.807, 2.05) is 0 Å². The van der Waals surface area contributed by atoms with Crippen molar-refractivity contribution >= 4 is 5.78 Å². The van der Waals surface area contributed by atoms with Crippen molar-refractivity contribution < 1.29 is 4.79 Å². The molecule has 0 aliphatic heterocycles. The number of carbonyl (C=O) groups is 1. The van der Waals surface area contributed by atoms with E-state index in [0.29, 0.717) is 23.5 Å². The van der Waals surface area contributed by atoms with Crippen molar-refractivity contribution in [2.45, 2.75) is 48.0 Å². The van der Waals surface area contributed by atoms with Crippen LogP contribution in [0.3, 0.4) is 0 Å². The summed E-state index contributed by atoms with van der Waals surface area (Å²) < 4.78 is 0. The first-order chi connectivity index (χ1) is 7.86. The van der Waals surface area contributed by atoms with Crippen LogP contribution in [0.2, 0.25) is 0 Å². The van der Waals surface area contributed by atoms with Gasteiger partial charge < -0.3 is 0 Å². The maximum absolute atomic E-state index is 12.4. The minimum Gasteiger partial charge on any atom is -0.294 e. The van der Waals surface area contributed by atoms with Crippen LogP contribution in [0.4, 0.5) is 0 Å². The van der Waals surface area contributed by atoms with E-state index < -0.39 is 0 Å². The number of hydrogen-bond acceptors (Lipinski definition) is 1. The summed E-state index contributed by atoms with van der Waals surface area (Å²) in [6.07, 6.45) is 0.895. The summed E-state index contributed by atoms with van der Waals surface area (Å²) in [4.78, 5) is 12.4. The molecule has 0 bridgehead atoms. The van der Waals surface area contributed by atoms with Crippen LogP contribution < -0.4 is 0 Å². The normalized spacial score (nSPS) is 38.6. The summed E-state index contributed by atoms with van der Waals surface area (Å²) in [6, 6.07) is 0. The molecule has 0 aromatic rings. The predicted octanol–water partition coefficient (Wildman–Crippen LogP) is 4.15. The van der Waals surface area contributed by atoms with E-state index in [2.05, 4.69) is 41.5 Å². The summed E-state index contributed by atoms with van der Waals surface area (Å²) >= 11 is 0. The third kappa shape index (κ3) is 1.71. The van der Waals surface area contributed by atoms with Gasteiger partial charge in [0.1, 0.15) is 0 Å². The molecule has 0 spiro atoms. The first-order valence-corrected chi connectivity index (χ1v) is 6.79. The zero-order valence-electron chi connectivity index (χ0n) is 11.9. The molecule has 0 saturated carbocycles. The Labute approximate surface area is 105 Å². The molecule has 0 N–H and O–H groups in total. The van der Waals surface area contributed by atoms with Gasteiger partial charge in [-0.3, -0.25) is 4.79 Å². The number of rotatable bonds is 0. The van der Waals surface area contributed by atoms with Crippen molar-refractivity contribution in [1.29, 1.82) is 0 Å². The van der Waals surface area contributed by atoms with E-state index in [9.17, 15) is 4.79 Å². The molecule has 0 saturated heterocycles. The Kier molecular flexibility index (Phi) is 3.05. The Morgan fingerprint density at radius 3 is 2.18 bits per heavy atom. The lowest BCUT2D eigenvalue weighted by atomic mass is 9.63. The van der Waals surface area contributed by atoms with Crippen molar-refractivity contribution in [3.8, 4) is 0 Å². The van der Waals surface area contributed by atoms with Crippen molar-refractivity contribution in [3.63, 3.8) is 0 Å². The van der Waals surface area contributed by atoms with Crippen LogP contribution in [-0.2, 0) is 4.79 Å². The van der Waals surface area contributed by atoms with Crippen molar-refractivity contribution in [2.24, 2.45) is 23.7 Å². The van der Waals surface area contributed by atoms with Gasteiger partial charge in [0, 0.05) is 5.92 Å². The van der Waals surface area contributed by atoms with Crippen LogP contribution in [-0.4, -0.2) is 5.78 Å². The first kappa shape index (κ1) is 12.6. The molecule has 0 fully saturated rings. The Morgan fingerprint density at radius 2 is 1.59 bits per heavy atom. The highest BCUT2D eigenvalue weighted by Gasteiger charge is 2.40. The fraction of sp³-hybridized carbons (Fsp3) is 0.688. The van der Waals surface area contributed by atoms with Crippen LogP contribution in [0.5, 0.6) is 0 Å². The van der Waals surface area contributed by atoms with Gasteiger partial charge in [-0.25, -0.2) is 0 Å². The average molecular weight is 232 g/mol. The van der Waals surface area contributed by atoms with Gasteiger partial charge in [-0.15, -0.1) is 0 Å². The van der Waals surface area contributed by atoms with Gasteiger partial charge in [-0.1, -0.05) is 44.4 Å². The van der Waals surface area contributed by atoms with Gasteiger partial charge in [-0.05, 0) is 43.6 Å². The molecule has 0 aromatic heterocycles. The molecule has 17 heavy (non-hydrogen) atoms. The van der Waals surface area contributed by atoms with Crippen LogP contribution in [0.25, 0.3) is 0 Å². The molecule has 0 heterocycles. The molecule has 1 heteroatoms. The van der Waals surface area contributed by atoms with E-state index in [1.54, 1.807) is 0 Å². The molecular weight excluding hydrogens is 208 g/mol. The van der Waals surface area contributed by atoms with Gasteiger partial charge >= 0.3 is 0 Å². The predicted molar refractivity (Wildman–Crippen MR) is 71.7 cm³/mol. The average Bonchev–Trinajstić information content (AvgIpc) is 2.30. The molecule has 4 unspecified atom stereocenters. The van der Waals surface area contributed by atoms with E-state index in [-0.39, 0.29) is 5.92 Å². The minimum atomic E-state index is 0.196. The van der Waals surface area contributed by atoms with Crippen molar-refractivity contribution in [1.82, 2.24) is 0 Å².